The topological polar surface area (TPSA) is 125 Å². The van der Waals surface area contributed by atoms with E-state index in [4.69, 9.17) is 15.2 Å². The summed E-state index contributed by atoms with van der Waals surface area (Å²) in [6, 6.07) is -0.585. The van der Waals surface area contributed by atoms with Gasteiger partial charge in [0.15, 0.2) is 6.61 Å². The largest absolute Gasteiger partial charge is 0.466 e. The van der Waals surface area contributed by atoms with Gasteiger partial charge in [-0.25, -0.2) is 4.79 Å². The van der Waals surface area contributed by atoms with Crippen molar-refractivity contribution < 1.29 is 33.4 Å². The van der Waals surface area contributed by atoms with Crippen LogP contribution in [-0.2, 0) is 33.4 Å². The van der Waals surface area contributed by atoms with Crippen LogP contribution < -0.4 is 5.73 Å². The van der Waals surface area contributed by atoms with Crippen LogP contribution in [0.15, 0.2) is 0 Å². The highest BCUT2D eigenvalue weighted by Gasteiger charge is 2.56. The SMILES string of the molecule is COC(=O)COC(=O)C1(COC(C)=O)CS[C@@H]2C(N)C(=O)N2C1. The number of nitrogens with zero attached hydrogens (tertiary/aromatic N) is 1. The van der Waals surface area contributed by atoms with Gasteiger partial charge in [0.05, 0.1) is 7.11 Å². The molecule has 2 unspecified atom stereocenters. The Morgan fingerprint density at radius 3 is 2.70 bits per heavy atom. The van der Waals surface area contributed by atoms with Gasteiger partial charge in [-0.15, -0.1) is 11.8 Å². The van der Waals surface area contributed by atoms with Gasteiger partial charge < -0.3 is 24.8 Å². The Morgan fingerprint density at radius 2 is 2.09 bits per heavy atom. The molecule has 9 nitrogen and oxygen atoms in total. The van der Waals surface area contributed by atoms with Crippen molar-refractivity contribution in [3.63, 3.8) is 0 Å². The maximum atomic E-state index is 12.4. The smallest absolute Gasteiger partial charge is 0.344 e. The number of methoxy groups -OCH3 is 1. The fourth-order valence-electron chi connectivity index (χ4n) is 2.37. The molecule has 0 saturated carbocycles. The molecule has 2 fully saturated rings. The second kappa shape index (κ2) is 6.75. The maximum absolute atomic E-state index is 12.4. The summed E-state index contributed by atoms with van der Waals surface area (Å²) in [6.45, 7) is 0.473. The van der Waals surface area contributed by atoms with Crippen LogP contribution >= 0.6 is 11.8 Å². The van der Waals surface area contributed by atoms with Crippen LogP contribution in [0.4, 0.5) is 0 Å². The summed E-state index contributed by atoms with van der Waals surface area (Å²) in [4.78, 5) is 47.9. The van der Waals surface area contributed by atoms with E-state index in [1.54, 1.807) is 0 Å². The molecule has 2 aliphatic rings. The molecule has 2 aliphatic heterocycles. The molecule has 0 radical (unpaired) electrons. The minimum atomic E-state index is -1.23. The number of rotatable bonds is 5. The molecule has 0 aromatic heterocycles. The number of ether oxygens (including phenoxy) is 3. The third-order valence-electron chi connectivity index (χ3n) is 3.72. The van der Waals surface area contributed by atoms with Crippen molar-refractivity contribution in [3.05, 3.63) is 0 Å². The van der Waals surface area contributed by atoms with Crippen LogP contribution in [0.2, 0.25) is 0 Å². The van der Waals surface area contributed by atoms with Gasteiger partial charge in [0.2, 0.25) is 5.91 Å². The van der Waals surface area contributed by atoms with Gasteiger partial charge in [0, 0.05) is 19.2 Å². The molecular weight excluding hydrogens is 328 g/mol. The van der Waals surface area contributed by atoms with E-state index in [9.17, 15) is 19.2 Å². The standard InChI is InChI=1S/C13H18N2O7S/c1-7(16)22-5-13(12(19)21-3-8(17)20-2)4-15-10(18)9(14)11(15)23-6-13/h9,11H,3-6,14H2,1-2H3/t9?,11-,13?/m1/s1. The van der Waals surface area contributed by atoms with Gasteiger partial charge in [0.1, 0.15) is 23.4 Å². The Kier molecular flexibility index (Phi) is 5.15. The highest BCUT2D eigenvalue weighted by atomic mass is 32.2. The van der Waals surface area contributed by atoms with E-state index in [0.29, 0.717) is 0 Å². The number of β-lactam (4-membered cyclic amide) rings is 1. The quantitative estimate of drug-likeness (QED) is 0.359. The molecule has 0 aliphatic carbocycles. The number of nitrogens with two attached hydrogens (primary N) is 1. The zero-order valence-corrected chi connectivity index (χ0v) is 13.6. The van der Waals surface area contributed by atoms with Crippen LogP contribution in [0, 0.1) is 5.41 Å². The number of carbonyl (C=O) groups is 4. The van der Waals surface area contributed by atoms with E-state index >= 15 is 0 Å². The normalized spacial score (nSPS) is 29.2. The van der Waals surface area contributed by atoms with E-state index in [-0.39, 0.29) is 30.2 Å². The van der Waals surface area contributed by atoms with Crippen molar-refractivity contribution in [1.29, 1.82) is 0 Å². The molecule has 23 heavy (non-hydrogen) atoms. The zero-order valence-electron chi connectivity index (χ0n) is 12.8. The number of carbonyl (C=O) groups excluding carboxylic acids is 4. The molecule has 0 spiro atoms. The average molecular weight is 346 g/mol. The van der Waals surface area contributed by atoms with E-state index < -0.39 is 36.0 Å². The molecule has 10 heteroatoms. The lowest BCUT2D eigenvalue weighted by molar-refractivity contribution is -0.172. The molecule has 128 valence electrons. The van der Waals surface area contributed by atoms with Crippen LogP contribution in [-0.4, -0.2) is 72.8 Å². The molecule has 0 aromatic rings. The third-order valence-corrected chi connectivity index (χ3v) is 5.33. The monoisotopic (exact) mass is 346 g/mol. The number of fused-ring (bicyclic) bond motifs is 1. The summed E-state index contributed by atoms with van der Waals surface area (Å²) >= 11 is 1.32. The minimum absolute atomic E-state index is 0.0322. The minimum Gasteiger partial charge on any atom is -0.466 e. The summed E-state index contributed by atoms with van der Waals surface area (Å²) in [5, 5.41) is -0.193. The first-order chi connectivity index (χ1) is 10.8. The predicted molar refractivity (Wildman–Crippen MR) is 78.0 cm³/mol. The molecule has 3 atom stereocenters. The van der Waals surface area contributed by atoms with E-state index in [2.05, 4.69) is 4.74 Å². The molecule has 0 bridgehead atoms. The predicted octanol–water partition coefficient (Wildman–Crippen LogP) is -1.51. The van der Waals surface area contributed by atoms with Crippen LogP contribution in [0.1, 0.15) is 6.92 Å². The number of thioether (sulfide) groups is 1. The second-order valence-corrected chi connectivity index (χ2v) is 6.51. The van der Waals surface area contributed by atoms with Crippen molar-refractivity contribution >= 4 is 35.6 Å². The van der Waals surface area contributed by atoms with Gasteiger partial charge in [0.25, 0.3) is 0 Å². The Morgan fingerprint density at radius 1 is 1.39 bits per heavy atom. The van der Waals surface area contributed by atoms with Gasteiger partial charge >= 0.3 is 17.9 Å². The average Bonchev–Trinajstić information content (AvgIpc) is 2.56. The van der Waals surface area contributed by atoms with E-state index in [0.717, 1.165) is 0 Å². The van der Waals surface area contributed by atoms with Crippen LogP contribution in [0.25, 0.3) is 0 Å². The van der Waals surface area contributed by atoms with E-state index in [1.165, 1.54) is 30.7 Å². The van der Waals surface area contributed by atoms with Gasteiger partial charge in [-0.1, -0.05) is 0 Å². The highest BCUT2D eigenvalue weighted by molar-refractivity contribution is 8.00. The Labute approximate surface area is 136 Å². The molecule has 2 rings (SSSR count). The summed E-state index contributed by atoms with van der Waals surface area (Å²) in [5.41, 5.74) is 4.48. The lowest BCUT2D eigenvalue weighted by Gasteiger charge is -2.52. The number of hydrogen-bond donors (Lipinski definition) is 1. The molecule has 1 amide bonds. The van der Waals surface area contributed by atoms with Gasteiger partial charge in [-0.3, -0.25) is 14.4 Å². The molecule has 2 saturated heterocycles. The van der Waals surface area contributed by atoms with Crippen molar-refractivity contribution in [2.24, 2.45) is 11.1 Å². The highest BCUT2D eigenvalue weighted by Crippen LogP contribution is 2.42. The Hall–Kier alpha value is -1.81. The first-order valence-electron chi connectivity index (χ1n) is 6.86. The molecule has 0 aromatic carbocycles. The van der Waals surface area contributed by atoms with E-state index in [1.807, 2.05) is 0 Å². The summed E-state index contributed by atoms with van der Waals surface area (Å²) in [5.74, 6) is -1.98. The number of hydrogen-bond acceptors (Lipinski definition) is 9. The summed E-state index contributed by atoms with van der Waals surface area (Å²) in [7, 11) is 1.17. The second-order valence-electron chi connectivity index (χ2n) is 5.41. The fourth-order valence-corrected chi connectivity index (χ4v) is 3.84. The van der Waals surface area contributed by atoms with Crippen LogP contribution in [0.3, 0.4) is 0 Å². The first-order valence-corrected chi connectivity index (χ1v) is 7.91. The van der Waals surface area contributed by atoms with Crippen molar-refractivity contribution in [3.8, 4) is 0 Å². The Bertz CT molecular complexity index is 540. The van der Waals surface area contributed by atoms with Crippen LogP contribution in [0.5, 0.6) is 0 Å². The number of esters is 3. The lowest BCUT2D eigenvalue weighted by atomic mass is 9.88. The lowest BCUT2D eigenvalue weighted by Crippen LogP contribution is -2.72. The number of amides is 1. The summed E-state index contributed by atoms with van der Waals surface area (Å²) in [6.07, 6.45) is 0. The van der Waals surface area contributed by atoms with Gasteiger partial charge in [-0.2, -0.15) is 0 Å². The fraction of sp³-hybridized carbons (Fsp3) is 0.692. The zero-order chi connectivity index (χ0) is 17.2. The van der Waals surface area contributed by atoms with Crippen molar-refractivity contribution in [1.82, 2.24) is 4.90 Å². The first kappa shape index (κ1) is 17.5. The third kappa shape index (κ3) is 3.42. The van der Waals surface area contributed by atoms with Gasteiger partial charge in [-0.05, 0) is 0 Å². The summed E-state index contributed by atoms with van der Waals surface area (Å²) < 4.78 is 14.3. The molecular formula is C13H18N2O7S. The maximum Gasteiger partial charge on any atom is 0.344 e. The van der Waals surface area contributed by atoms with Crippen molar-refractivity contribution in [2.75, 3.05) is 32.6 Å². The van der Waals surface area contributed by atoms with Crippen molar-refractivity contribution in [2.45, 2.75) is 18.3 Å². The Balaban J connectivity index is 2.10. The molecule has 2 heterocycles. The molecule has 2 N–H and O–H groups in total.